The molecule has 1 fully saturated rings. The van der Waals surface area contributed by atoms with Gasteiger partial charge in [-0.3, -0.25) is 0 Å². The Bertz CT molecular complexity index is 600. The molecule has 0 bridgehead atoms. The van der Waals surface area contributed by atoms with E-state index in [1.165, 1.54) is 11.1 Å². The van der Waals surface area contributed by atoms with Crippen LogP contribution in [0.2, 0.25) is 0 Å². The van der Waals surface area contributed by atoms with Gasteiger partial charge in [-0.25, -0.2) is 9.98 Å². The lowest BCUT2D eigenvalue weighted by atomic mass is 10.1. The molecule has 1 saturated heterocycles. The molecule has 1 aliphatic heterocycles. The summed E-state index contributed by atoms with van der Waals surface area (Å²) in [4.78, 5) is 10.7. The molecule has 1 aromatic heterocycles. The van der Waals surface area contributed by atoms with Crippen molar-refractivity contribution in [3.8, 4) is 0 Å². The van der Waals surface area contributed by atoms with Crippen molar-refractivity contribution in [3.05, 3.63) is 54.1 Å². The van der Waals surface area contributed by atoms with E-state index in [0.717, 1.165) is 31.1 Å². The second kappa shape index (κ2) is 7.35. The van der Waals surface area contributed by atoms with E-state index in [1.54, 1.807) is 6.20 Å². The van der Waals surface area contributed by atoms with Gasteiger partial charge in [-0.1, -0.05) is 24.3 Å². The molecule has 2 heterocycles. The molecule has 2 N–H and O–H groups in total. The van der Waals surface area contributed by atoms with E-state index in [4.69, 9.17) is 5.73 Å². The third-order valence-corrected chi connectivity index (χ3v) is 4.65. The molecule has 1 aliphatic rings. The van der Waals surface area contributed by atoms with Gasteiger partial charge in [0.15, 0.2) is 5.96 Å². The first-order valence-corrected chi connectivity index (χ1v) is 8.63. The van der Waals surface area contributed by atoms with Gasteiger partial charge >= 0.3 is 0 Å². The van der Waals surface area contributed by atoms with Gasteiger partial charge in [0.05, 0.1) is 12.9 Å². The fourth-order valence-corrected chi connectivity index (χ4v) is 3.31. The summed E-state index contributed by atoms with van der Waals surface area (Å²) >= 11 is 1.97. The summed E-state index contributed by atoms with van der Waals surface area (Å²) in [6, 6.07) is 8.52. The van der Waals surface area contributed by atoms with Crippen LogP contribution in [0.5, 0.6) is 0 Å². The smallest absolute Gasteiger partial charge is 0.191 e. The fourth-order valence-electron chi connectivity index (χ4n) is 2.41. The number of imidazole rings is 1. The molecular weight excluding hydrogens is 294 g/mol. The molecule has 1 aromatic carbocycles. The van der Waals surface area contributed by atoms with Gasteiger partial charge in [0.2, 0.25) is 0 Å². The predicted octanol–water partition coefficient (Wildman–Crippen LogP) is 1.79. The minimum atomic E-state index is 0.640. The van der Waals surface area contributed by atoms with E-state index >= 15 is 0 Å². The highest BCUT2D eigenvalue weighted by Gasteiger charge is 2.11. The summed E-state index contributed by atoms with van der Waals surface area (Å²) in [6.07, 6.45) is 5.59. The van der Waals surface area contributed by atoms with Crippen LogP contribution < -0.4 is 5.73 Å². The molecule has 0 aliphatic carbocycles. The predicted molar refractivity (Wildman–Crippen MR) is 92.0 cm³/mol. The van der Waals surface area contributed by atoms with Gasteiger partial charge in [-0.2, -0.15) is 11.8 Å². The minimum Gasteiger partial charge on any atom is -0.370 e. The second-order valence-electron chi connectivity index (χ2n) is 5.33. The summed E-state index contributed by atoms with van der Waals surface area (Å²) in [5, 5.41) is 0. The highest BCUT2D eigenvalue weighted by molar-refractivity contribution is 7.99. The minimum absolute atomic E-state index is 0.640. The zero-order valence-electron chi connectivity index (χ0n) is 12.6. The van der Waals surface area contributed by atoms with Crippen LogP contribution in [0.3, 0.4) is 0 Å². The maximum atomic E-state index is 6.07. The number of nitrogens with zero attached hydrogens (tertiary/aromatic N) is 4. The summed E-state index contributed by atoms with van der Waals surface area (Å²) in [5.74, 6) is 2.95. The molecule has 0 radical (unpaired) electrons. The Morgan fingerprint density at radius 2 is 1.91 bits per heavy atom. The number of hydrogen-bond donors (Lipinski definition) is 1. The van der Waals surface area contributed by atoms with Crippen molar-refractivity contribution in [2.75, 3.05) is 24.6 Å². The van der Waals surface area contributed by atoms with Crippen molar-refractivity contribution in [1.29, 1.82) is 0 Å². The third-order valence-electron chi connectivity index (χ3n) is 3.71. The van der Waals surface area contributed by atoms with Crippen LogP contribution in [0.15, 0.2) is 48.0 Å². The lowest BCUT2D eigenvalue weighted by molar-refractivity contribution is 0.455. The van der Waals surface area contributed by atoms with E-state index in [-0.39, 0.29) is 0 Å². The van der Waals surface area contributed by atoms with E-state index < -0.39 is 0 Å². The standard InChI is InChI=1S/C16H21N5S/c17-16(21-7-9-22-10-8-21)19-11-14-1-3-15(4-2-14)12-20-6-5-18-13-20/h1-6,13H,7-12H2,(H2,17,19). The van der Waals surface area contributed by atoms with E-state index in [9.17, 15) is 0 Å². The normalized spacial score (nSPS) is 16.0. The van der Waals surface area contributed by atoms with Crippen LogP contribution in [0.4, 0.5) is 0 Å². The molecule has 0 saturated carbocycles. The van der Waals surface area contributed by atoms with Crippen molar-refractivity contribution in [2.45, 2.75) is 13.1 Å². The highest BCUT2D eigenvalue weighted by Crippen LogP contribution is 2.10. The molecule has 116 valence electrons. The largest absolute Gasteiger partial charge is 0.370 e. The van der Waals surface area contributed by atoms with Crippen LogP contribution in [-0.2, 0) is 13.1 Å². The maximum Gasteiger partial charge on any atom is 0.191 e. The first-order valence-electron chi connectivity index (χ1n) is 7.47. The Balaban J connectivity index is 1.56. The summed E-state index contributed by atoms with van der Waals surface area (Å²) in [7, 11) is 0. The first-order chi connectivity index (χ1) is 10.8. The lowest BCUT2D eigenvalue weighted by Gasteiger charge is -2.27. The molecule has 0 spiro atoms. The van der Waals surface area contributed by atoms with Gasteiger partial charge in [-0.05, 0) is 11.1 Å². The number of guanidine groups is 1. The zero-order chi connectivity index (χ0) is 15.2. The Kier molecular flexibility index (Phi) is 5.00. The SMILES string of the molecule is NC(=NCc1ccc(Cn2ccnc2)cc1)N1CCSCC1. The summed E-state index contributed by atoms with van der Waals surface area (Å²) in [5.41, 5.74) is 8.51. The summed E-state index contributed by atoms with van der Waals surface area (Å²) in [6.45, 7) is 3.49. The Morgan fingerprint density at radius 1 is 1.18 bits per heavy atom. The Labute approximate surface area is 135 Å². The average molecular weight is 315 g/mol. The van der Waals surface area contributed by atoms with E-state index in [0.29, 0.717) is 12.5 Å². The molecule has 2 aromatic rings. The molecule has 6 heteroatoms. The van der Waals surface area contributed by atoms with Crippen molar-refractivity contribution >= 4 is 17.7 Å². The molecule has 0 unspecified atom stereocenters. The number of benzene rings is 1. The third kappa shape index (κ3) is 4.04. The Hall–Kier alpha value is -1.95. The van der Waals surface area contributed by atoms with Crippen molar-refractivity contribution in [2.24, 2.45) is 10.7 Å². The maximum absolute atomic E-state index is 6.07. The van der Waals surface area contributed by atoms with Gasteiger partial charge < -0.3 is 15.2 Å². The lowest BCUT2D eigenvalue weighted by Crippen LogP contribution is -2.42. The van der Waals surface area contributed by atoms with Crippen LogP contribution in [-0.4, -0.2) is 45.0 Å². The molecule has 0 amide bonds. The average Bonchev–Trinajstić information content (AvgIpc) is 3.08. The molecule has 3 rings (SSSR count). The number of aliphatic imine (C=N–C) groups is 1. The van der Waals surface area contributed by atoms with Gasteiger partial charge in [0.25, 0.3) is 0 Å². The van der Waals surface area contributed by atoms with Crippen LogP contribution >= 0.6 is 11.8 Å². The molecule has 5 nitrogen and oxygen atoms in total. The number of nitrogens with two attached hydrogens (primary N) is 1. The van der Waals surface area contributed by atoms with E-state index in [1.807, 2.05) is 24.3 Å². The molecule has 22 heavy (non-hydrogen) atoms. The fraction of sp³-hybridized carbons (Fsp3) is 0.375. The molecular formula is C16H21N5S. The van der Waals surface area contributed by atoms with Crippen molar-refractivity contribution in [1.82, 2.24) is 14.5 Å². The van der Waals surface area contributed by atoms with Crippen molar-refractivity contribution < 1.29 is 0 Å². The summed E-state index contributed by atoms with van der Waals surface area (Å²) < 4.78 is 2.06. The quantitative estimate of drug-likeness (QED) is 0.690. The number of aromatic nitrogens is 2. The van der Waals surface area contributed by atoms with Gasteiger partial charge in [0, 0.05) is 43.5 Å². The molecule has 0 atom stereocenters. The number of hydrogen-bond acceptors (Lipinski definition) is 3. The zero-order valence-corrected chi connectivity index (χ0v) is 13.4. The topological polar surface area (TPSA) is 59.4 Å². The Morgan fingerprint density at radius 3 is 2.59 bits per heavy atom. The van der Waals surface area contributed by atoms with Gasteiger partial charge in [-0.15, -0.1) is 0 Å². The second-order valence-corrected chi connectivity index (χ2v) is 6.55. The monoisotopic (exact) mass is 315 g/mol. The van der Waals surface area contributed by atoms with Gasteiger partial charge in [0.1, 0.15) is 0 Å². The van der Waals surface area contributed by atoms with E-state index in [2.05, 4.69) is 43.7 Å². The van der Waals surface area contributed by atoms with Crippen LogP contribution in [0.25, 0.3) is 0 Å². The van der Waals surface area contributed by atoms with Crippen molar-refractivity contribution in [3.63, 3.8) is 0 Å². The highest BCUT2D eigenvalue weighted by atomic mass is 32.2. The van der Waals surface area contributed by atoms with Crippen LogP contribution in [0, 0.1) is 0 Å². The number of thioether (sulfide) groups is 1. The first kappa shape index (κ1) is 15.0. The number of rotatable bonds is 4. The van der Waals surface area contributed by atoms with Crippen LogP contribution in [0.1, 0.15) is 11.1 Å².